The molecule has 1 aromatic heterocycles. The lowest BCUT2D eigenvalue weighted by Gasteiger charge is -2.29. The van der Waals surface area contributed by atoms with Gasteiger partial charge in [-0.25, -0.2) is 0 Å². The number of aromatic nitrogens is 1. The third-order valence-electron chi connectivity index (χ3n) is 6.73. The van der Waals surface area contributed by atoms with E-state index in [2.05, 4.69) is 31.4 Å². The van der Waals surface area contributed by atoms with Crippen LogP contribution in [0.2, 0.25) is 0 Å². The number of hydrogen-bond donors (Lipinski definition) is 0. The van der Waals surface area contributed by atoms with Crippen molar-refractivity contribution >= 4 is 5.71 Å². The van der Waals surface area contributed by atoms with Crippen LogP contribution in [0, 0.1) is 5.92 Å². The SMILES string of the molecule is CCC1=CC2C3CCCC(=N3)c3c4c(c(n3C2C)CCO1)CC4C. The molecular weight excluding hydrogens is 296 g/mol. The molecular formula is C21H28N2O. The summed E-state index contributed by atoms with van der Waals surface area (Å²) in [5.74, 6) is 2.35. The zero-order valence-corrected chi connectivity index (χ0v) is 15.1. The van der Waals surface area contributed by atoms with E-state index in [9.17, 15) is 0 Å². The normalized spacial score (nSPS) is 33.6. The van der Waals surface area contributed by atoms with Gasteiger partial charge in [0.05, 0.1) is 29.8 Å². The van der Waals surface area contributed by atoms with Crippen molar-refractivity contribution in [2.45, 2.75) is 77.3 Å². The average molecular weight is 324 g/mol. The predicted octanol–water partition coefficient (Wildman–Crippen LogP) is 4.55. The maximum absolute atomic E-state index is 6.17. The number of hydrogen-bond acceptors (Lipinski definition) is 2. The van der Waals surface area contributed by atoms with Gasteiger partial charge in [-0.05, 0) is 55.7 Å². The summed E-state index contributed by atoms with van der Waals surface area (Å²) in [6, 6.07) is 0.922. The minimum atomic E-state index is 0.436. The molecule has 0 saturated heterocycles. The Bertz CT molecular complexity index is 754. The molecule has 0 aromatic carbocycles. The molecule has 4 atom stereocenters. The van der Waals surface area contributed by atoms with Gasteiger partial charge in [-0.1, -0.05) is 13.8 Å². The molecule has 3 nitrogen and oxygen atoms in total. The third-order valence-corrected chi connectivity index (χ3v) is 6.73. The first kappa shape index (κ1) is 14.8. The molecule has 0 saturated carbocycles. The molecule has 1 aliphatic carbocycles. The molecule has 0 N–H and O–H groups in total. The minimum absolute atomic E-state index is 0.436. The van der Waals surface area contributed by atoms with Gasteiger partial charge in [-0.15, -0.1) is 0 Å². The summed E-state index contributed by atoms with van der Waals surface area (Å²) in [6.45, 7) is 7.84. The smallest absolute Gasteiger partial charge is 0.0932 e. The summed E-state index contributed by atoms with van der Waals surface area (Å²) in [5.41, 5.74) is 7.71. The van der Waals surface area contributed by atoms with Crippen molar-refractivity contribution in [3.63, 3.8) is 0 Å². The maximum Gasteiger partial charge on any atom is 0.0932 e. The largest absolute Gasteiger partial charge is 0.498 e. The summed E-state index contributed by atoms with van der Waals surface area (Å²) in [7, 11) is 0. The number of rotatable bonds is 1. The molecule has 0 amide bonds. The van der Waals surface area contributed by atoms with Crippen LogP contribution < -0.4 is 0 Å². The molecule has 4 unspecified atom stereocenters. The Balaban J connectivity index is 1.78. The molecule has 4 heterocycles. The van der Waals surface area contributed by atoms with Gasteiger partial charge in [0.15, 0.2) is 0 Å². The first-order chi connectivity index (χ1) is 11.7. The highest BCUT2D eigenvalue weighted by Crippen LogP contribution is 2.48. The van der Waals surface area contributed by atoms with Crippen molar-refractivity contribution in [1.29, 1.82) is 0 Å². The predicted molar refractivity (Wildman–Crippen MR) is 97.0 cm³/mol. The van der Waals surface area contributed by atoms with E-state index in [1.54, 1.807) is 16.8 Å². The van der Waals surface area contributed by atoms with Gasteiger partial charge in [0.1, 0.15) is 0 Å². The van der Waals surface area contributed by atoms with Crippen LogP contribution in [0.4, 0.5) is 0 Å². The summed E-state index contributed by atoms with van der Waals surface area (Å²) >= 11 is 0. The fraction of sp³-hybridized carbons (Fsp3) is 0.667. The fourth-order valence-electron chi connectivity index (χ4n) is 5.53. The lowest BCUT2D eigenvalue weighted by molar-refractivity contribution is 0.204. The lowest BCUT2D eigenvalue weighted by Crippen LogP contribution is -2.26. The van der Waals surface area contributed by atoms with Gasteiger partial charge >= 0.3 is 0 Å². The van der Waals surface area contributed by atoms with E-state index < -0.39 is 0 Å². The molecule has 0 fully saturated rings. The zero-order valence-electron chi connectivity index (χ0n) is 15.1. The highest BCUT2D eigenvalue weighted by atomic mass is 16.5. The van der Waals surface area contributed by atoms with Crippen molar-refractivity contribution < 1.29 is 4.74 Å². The van der Waals surface area contributed by atoms with Gasteiger partial charge < -0.3 is 9.30 Å². The highest BCUT2D eigenvalue weighted by molar-refractivity contribution is 6.02. The Hall–Kier alpha value is -1.51. The van der Waals surface area contributed by atoms with Crippen LogP contribution in [0.3, 0.4) is 0 Å². The van der Waals surface area contributed by atoms with Crippen LogP contribution in [0.15, 0.2) is 16.8 Å². The quantitative estimate of drug-likeness (QED) is 0.744. The van der Waals surface area contributed by atoms with E-state index in [0.717, 1.165) is 19.4 Å². The minimum Gasteiger partial charge on any atom is -0.498 e. The van der Waals surface area contributed by atoms with Crippen LogP contribution in [0.5, 0.6) is 0 Å². The van der Waals surface area contributed by atoms with Crippen LogP contribution in [0.25, 0.3) is 0 Å². The van der Waals surface area contributed by atoms with Crippen LogP contribution in [0.1, 0.15) is 80.9 Å². The maximum atomic E-state index is 6.17. The van der Waals surface area contributed by atoms with Crippen LogP contribution >= 0.6 is 0 Å². The standard InChI is InChI=1S/C21H28N2O/c1-4-14-11-15-13(3)23-19(8-9-24-14)16-10-12(2)20(16)21(23)18-7-5-6-17(15)22-18/h11-13,15,17H,4-10H2,1-3H3. The highest BCUT2D eigenvalue weighted by Gasteiger charge is 2.42. The molecule has 4 bridgehead atoms. The topological polar surface area (TPSA) is 26.5 Å². The second-order valence-corrected chi connectivity index (χ2v) is 8.10. The van der Waals surface area contributed by atoms with E-state index >= 15 is 0 Å². The summed E-state index contributed by atoms with van der Waals surface area (Å²) in [5, 5.41) is 0. The van der Waals surface area contributed by atoms with E-state index in [0.29, 0.717) is 23.9 Å². The van der Waals surface area contributed by atoms with Gasteiger partial charge in [-0.2, -0.15) is 0 Å². The van der Waals surface area contributed by atoms with Crippen molar-refractivity contribution in [3.8, 4) is 0 Å². The molecule has 128 valence electrons. The first-order valence-corrected chi connectivity index (χ1v) is 9.85. The molecule has 5 rings (SSSR count). The molecule has 0 radical (unpaired) electrons. The van der Waals surface area contributed by atoms with E-state index in [1.165, 1.54) is 42.8 Å². The molecule has 1 aromatic rings. The Kier molecular flexibility index (Phi) is 3.23. The number of ether oxygens (including phenoxy) is 1. The summed E-state index contributed by atoms with van der Waals surface area (Å²) < 4.78 is 8.86. The second-order valence-electron chi connectivity index (χ2n) is 8.10. The number of nitrogens with zero attached hydrogens (tertiary/aromatic N) is 2. The number of aliphatic imine (C=N–C) groups is 1. The van der Waals surface area contributed by atoms with Crippen LogP contribution in [-0.2, 0) is 17.6 Å². The van der Waals surface area contributed by atoms with E-state index in [-0.39, 0.29) is 0 Å². The Morgan fingerprint density at radius 1 is 1.29 bits per heavy atom. The number of allylic oxidation sites excluding steroid dienone is 1. The van der Waals surface area contributed by atoms with Gasteiger partial charge in [0.2, 0.25) is 0 Å². The van der Waals surface area contributed by atoms with Gasteiger partial charge in [0.25, 0.3) is 0 Å². The van der Waals surface area contributed by atoms with Crippen molar-refractivity contribution in [1.82, 2.24) is 4.57 Å². The Morgan fingerprint density at radius 3 is 2.96 bits per heavy atom. The van der Waals surface area contributed by atoms with Crippen molar-refractivity contribution in [2.24, 2.45) is 10.9 Å². The summed E-state index contributed by atoms with van der Waals surface area (Å²) in [4.78, 5) is 5.28. The molecule has 3 heteroatoms. The molecule has 4 aliphatic rings. The fourth-order valence-corrected chi connectivity index (χ4v) is 5.53. The van der Waals surface area contributed by atoms with E-state index in [4.69, 9.17) is 9.73 Å². The monoisotopic (exact) mass is 324 g/mol. The Morgan fingerprint density at radius 2 is 2.17 bits per heavy atom. The Labute approximate surface area is 144 Å². The molecule has 24 heavy (non-hydrogen) atoms. The second kappa shape index (κ2) is 5.24. The lowest BCUT2D eigenvalue weighted by atomic mass is 9.77. The van der Waals surface area contributed by atoms with Gasteiger partial charge in [-0.3, -0.25) is 4.99 Å². The zero-order chi connectivity index (χ0) is 16.4. The van der Waals surface area contributed by atoms with Gasteiger partial charge in [0, 0.05) is 30.5 Å². The summed E-state index contributed by atoms with van der Waals surface area (Å²) in [6.07, 6.45) is 9.38. The van der Waals surface area contributed by atoms with Crippen molar-refractivity contribution in [3.05, 3.63) is 34.3 Å². The first-order valence-electron chi connectivity index (χ1n) is 9.85. The number of fused-ring (bicyclic) bond motifs is 7. The third kappa shape index (κ3) is 1.87. The van der Waals surface area contributed by atoms with E-state index in [1.807, 2.05) is 0 Å². The molecule has 0 spiro atoms. The average Bonchev–Trinajstić information content (AvgIpc) is 2.84. The van der Waals surface area contributed by atoms with Crippen molar-refractivity contribution in [2.75, 3.05) is 6.61 Å². The van der Waals surface area contributed by atoms with Crippen LogP contribution in [-0.4, -0.2) is 22.9 Å². The molecule has 3 aliphatic heterocycles.